The standard InChI is InChI=1S/C21H21ClN4O2/c1-14-3-2-4-15(13-14)18-19(27)25-21(24-18)9-11-26(12-10-21)20(28)23-17-7-5-16(22)6-8-17/h2-8,13H,9-12H2,1H3,(H,23,28)(H,25,27). The highest BCUT2D eigenvalue weighted by molar-refractivity contribution is 6.46. The molecule has 1 spiro atoms. The summed E-state index contributed by atoms with van der Waals surface area (Å²) in [6, 6.07) is 14.6. The first-order valence-corrected chi connectivity index (χ1v) is 9.63. The van der Waals surface area contributed by atoms with Crippen LogP contribution in [0.25, 0.3) is 0 Å². The quantitative estimate of drug-likeness (QED) is 0.814. The van der Waals surface area contributed by atoms with E-state index >= 15 is 0 Å². The van der Waals surface area contributed by atoms with Gasteiger partial charge in [0, 0.05) is 42.2 Å². The van der Waals surface area contributed by atoms with Gasteiger partial charge < -0.3 is 15.5 Å². The Morgan fingerprint density at radius 2 is 1.89 bits per heavy atom. The van der Waals surface area contributed by atoms with E-state index in [2.05, 4.69) is 10.6 Å². The summed E-state index contributed by atoms with van der Waals surface area (Å²) in [7, 11) is 0. The van der Waals surface area contributed by atoms with E-state index in [9.17, 15) is 9.59 Å². The Balaban J connectivity index is 1.42. The highest BCUT2D eigenvalue weighted by Crippen LogP contribution is 2.29. The molecule has 0 unspecified atom stereocenters. The zero-order valence-corrected chi connectivity index (χ0v) is 16.3. The van der Waals surface area contributed by atoms with Crippen LogP contribution in [0.2, 0.25) is 5.02 Å². The Labute approximate surface area is 168 Å². The zero-order valence-electron chi connectivity index (χ0n) is 15.5. The van der Waals surface area contributed by atoms with Gasteiger partial charge >= 0.3 is 6.03 Å². The highest BCUT2D eigenvalue weighted by Gasteiger charge is 2.42. The third-order valence-corrected chi connectivity index (χ3v) is 5.40. The Bertz CT molecular complexity index is 947. The van der Waals surface area contributed by atoms with E-state index in [1.807, 2.05) is 31.2 Å². The average molecular weight is 397 g/mol. The molecule has 7 heteroatoms. The highest BCUT2D eigenvalue weighted by atomic mass is 35.5. The molecule has 0 aliphatic carbocycles. The molecule has 1 fully saturated rings. The summed E-state index contributed by atoms with van der Waals surface area (Å²) in [6.45, 7) is 3.03. The molecular weight excluding hydrogens is 376 g/mol. The summed E-state index contributed by atoms with van der Waals surface area (Å²) < 4.78 is 0. The van der Waals surface area contributed by atoms with Gasteiger partial charge in [-0.2, -0.15) is 0 Å². The van der Waals surface area contributed by atoms with Crippen LogP contribution in [-0.4, -0.2) is 41.3 Å². The largest absolute Gasteiger partial charge is 0.326 e. The molecule has 0 radical (unpaired) electrons. The molecule has 4 rings (SSSR count). The van der Waals surface area contributed by atoms with Crippen LogP contribution in [0.3, 0.4) is 0 Å². The number of benzene rings is 2. The molecule has 2 aliphatic rings. The van der Waals surface area contributed by atoms with Gasteiger partial charge in [0.2, 0.25) is 0 Å². The first kappa shape index (κ1) is 18.5. The number of amides is 3. The van der Waals surface area contributed by atoms with E-state index in [-0.39, 0.29) is 11.9 Å². The topological polar surface area (TPSA) is 73.8 Å². The second-order valence-electron chi connectivity index (χ2n) is 7.24. The summed E-state index contributed by atoms with van der Waals surface area (Å²) in [5.41, 5.74) is 2.47. The first-order valence-electron chi connectivity index (χ1n) is 9.25. The fourth-order valence-electron chi connectivity index (χ4n) is 3.60. The Morgan fingerprint density at radius 1 is 1.18 bits per heavy atom. The number of carbonyl (C=O) groups excluding carboxylic acids is 2. The number of piperidine rings is 1. The van der Waals surface area contributed by atoms with Gasteiger partial charge in [-0.15, -0.1) is 0 Å². The van der Waals surface area contributed by atoms with Crippen LogP contribution in [0, 0.1) is 6.92 Å². The fraction of sp³-hybridized carbons (Fsp3) is 0.286. The molecule has 6 nitrogen and oxygen atoms in total. The summed E-state index contributed by atoms with van der Waals surface area (Å²) in [5.74, 6) is -0.148. The normalized spacial score (nSPS) is 18.0. The van der Waals surface area contributed by atoms with Crippen molar-refractivity contribution in [1.29, 1.82) is 0 Å². The lowest BCUT2D eigenvalue weighted by atomic mass is 9.98. The number of hydrogen-bond acceptors (Lipinski definition) is 3. The molecule has 0 aromatic heterocycles. The van der Waals surface area contributed by atoms with Crippen LogP contribution in [0.4, 0.5) is 10.5 Å². The van der Waals surface area contributed by atoms with Gasteiger partial charge in [-0.1, -0.05) is 35.4 Å². The molecule has 2 aromatic rings. The van der Waals surface area contributed by atoms with Gasteiger partial charge in [0.05, 0.1) is 0 Å². The summed E-state index contributed by atoms with van der Waals surface area (Å²) in [5, 5.41) is 6.53. The van der Waals surface area contributed by atoms with Gasteiger partial charge in [-0.25, -0.2) is 4.79 Å². The summed E-state index contributed by atoms with van der Waals surface area (Å²) in [4.78, 5) is 31.5. The van der Waals surface area contributed by atoms with Crippen molar-refractivity contribution in [3.63, 3.8) is 0 Å². The number of rotatable bonds is 2. The molecule has 0 atom stereocenters. The molecule has 3 amide bonds. The van der Waals surface area contributed by atoms with Crippen molar-refractivity contribution in [1.82, 2.24) is 10.2 Å². The lowest BCUT2D eigenvalue weighted by Gasteiger charge is -2.37. The smallest absolute Gasteiger partial charge is 0.321 e. The van der Waals surface area contributed by atoms with Crippen molar-refractivity contribution in [2.24, 2.45) is 4.99 Å². The van der Waals surface area contributed by atoms with Crippen LogP contribution in [0.5, 0.6) is 0 Å². The molecule has 1 saturated heterocycles. The molecule has 144 valence electrons. The van der Waals surface area contributed by atoms with Crippen molar-refractivity contribution in [3.8, 4) is 0 Å². The van der Waals surface area contributed by atoms with Crippen LogP contribution in [0.15, 0.2) is 53.5 Å². The third-order valence-electron chi connectivity index (χ3n) is 5.15. The molecule has 28 heavy (non-hydrogen) atoms. The van der Waals surface area contributed by atoms with Crippen molar-refractivity contribution in [3.05, 3.63) is 64.7 Å². The van der Waals surface area contributed by atoms with Crippen molar-refractivity contribution >= 4 is 34.9 Å². The zero-order chi connectivity index (χ0) is 19.7. The van der Waals surface area contributed by atoms with E-state index in [4.69, 9.17) is 16.6 Å². The fourth-order valence-corrected chi connectivity index (χ4v) is 3.73. The SMILES string of the molecule is Cc1cccc(C2=NC3(CCN(C(=O)Nc4ccc(Cl)cc4)CC3)NC2=O)c1. The number of anilines is 1. The number of urea groups is 1. The lowest BCUT2D eigenvalue weighted by molar-refractivity contribution is -0.115. The number of aliphatic imine (C=N–C) groups is 1. The molecular formula is C21H21ClN4O2. The lowest BCUT2D eigenvalue weighted by Crippen LogP contribution is -2.53. The molecule has 2 N–H and O–H groups in total. The van der Waals surface area contributed by atoms with E-state index in [0.29, 0.717) is 42.4 Å². The number of hydrogen-bond donors (Lipinski definition) is 2. The second-order valence-corrected chi connectivity index (χ2v) is 7.68. The minimum Gasteiger partial charge on any atom is -0.326 e. The number of nitrogens with zero attached hydrogens (tertiary/aromatic N) is 2. The Hall–Kier alpha value is -2.86. The monoisotopic (exact) mass is 396 g/mol. The van der Waals surface area contributed by atoms with Gasteiger partial charge in [0.15, 0.2) is 0 Å². The molecule has 0 saturated carbocycles. The van der Waals surface area contributed by atoms with E-state index < -0.39 is 5.66 Å². The number of likely N-dealkylation sites (tertiary alicyclic amines) is 1. The van der Waals surface area contributed by atoms with E-state index in [1.165, 1.54) is 0 Å². The number of nitrogens with one attached hydrogen (secondary N) is 2. The maximum absolute atomic E-state index is 12.5. The van der Waals surface area contributed by atoms with E-state index in [0.717, 1.165) is 11.1 Å². The number of aryl methyl sites for hydroxylation is 1. The van der Waals surface area contributed by atoms with Gasteiger partial charge in [0.1, 0.15) is 11.4 Å². The maximum Gasteiger partial charge on any atom is 0.321 e. The average Bonchev–Trinajstić information content (AvgIpc) is 3.00. The Kier molecular flexibility index (Phi) is 4.81. The third kappa shape index (κ3) is 3.73. The van der Waals surface area contributed by atoms with E-state index in [1.54, 1.807) is 29.2 Å². The molecule has 2 heterocycles. The van der Waals surface area contributed by atoms with Crippen molar-refractivity contribution in [2.45, 2.75) is 25.4 Å². The van der Waals surface area contributed by atoms with Crippen LogP contribution in [0.1, 0.15) is 24.0 Å². The van der Waals surface area contributed by atoms with Gasteiger partial charge in [-0.3, -0.25) is 9.79 Å². The van der Waals surface area contributed by atoms with Crippen LogP contribution in [-0.2, 0) is 4.79 Å². The maximum atomic E-state index is 12.5. The first-order chi connectivity index (χ1) is 13.4. The minimum absolute atomic E-state index is 0.148. The number of carbonyl (C=O) groups is 2. The molecule has 2 aromatic carbocycles. The van der Waals surface area contributed by atoms with Gasteiger partial charge in [-0.05, 0) is 37.3 Å². The minimum atomic E-state index is -0.618. The Morgan fingerprint density at radius 3 is 2.57 bits per heavy atom. The summed E-state index contributed by atoms with van der Waals surface area (Å²) in [6.07, 6.45) is 1.17. The van der Waals surface area contributed by atoms with Crippen LogP contribution < -0.4 is 10.6 Å². The van der Waals surface area contributed by atoms with Crippen LogP contribution >= 0.6 is 11.6 Å². The number of halogens is 1. The summed E-state index contributed by atoms with van der Waals surface area (Å²) >= 11 is 5.87. The van der Waals surface area contributed by atoms with Gasteiger partial charge in [0.25, 0.3) is 5.91 Å². The van der Waals surface area contributed by atoms with Crippen molar-refractivity contribution < 1.29 is 9.59 Å². The van der Waals surface area contributed by atoms with Crippen molar-refractivity contribution in [2.75, 3.05) is 18.4 Å². The molecule has 2 aliphatic heterocycles. The predicted octanol–water partition coefficient (Wildman–Crippen LogP) is 3.59. The predicted molar refractivity (Wildman–Crippen MR) is 110 cm³/mol. The molecule has 0 bridgehead atoms. The second kappa shape index (κ2) is 7.28.